The van der Waals surface area contributed by atoms with Gasteiger partial charge in [-0.25, -0.2) is 8.42 Å². The number of amides is 1. The molecule has 3 rings (SSSR count). The van der Waals surface area contributed by atoms with Crippen LogP contribution in [0, 0.1) is 18.3 Å². The summed E-state index contributed by atoms with van der Waals surface area (Å²) in [6, 6.07) is 11.0. The number of morpholine rings is 1. The molecule has 1 amide bonds. The predicted octanol–water partition coefficient (Wildman–Crippen LogP) is 3.78. The van der Waals surface area contributed by atoms with Gasteiger partial charge in [0.05, 0.1) is 28.8 Å². The lowest BCUT2D eigenvalue weighted by molar-refractivity contribution is -0.112. The normalized spacial score (nSPS) is 15.1. The zero-order valence-electron chi connectivity index (χ0n) is 17.1. The standard InChI is InChI=1S/C21H20Cl2N4O4S/c1-14-2-3-16(22)10-19(14)26-21(28)15(12-24)13-25-20-11-17(4-5-18(20)23)32(29,30)27-6-8-31-9-7-27/h2-5,10-11,13,25H,6-9H2,1H3,(H,26,28)/b15-13-. The minimum Gasteiger partial charge on any atom is -0.379 e. The molecule has 0 radical (unpaired) electrons. The number of hydrogen-bond acceptors (Lipinski definition) is 6. The van der Waals surface area contributed by atoms with Gasteiger partial charge >= 0.3 is 0 Å². The summed E-state index contributed by atoms with van der Waals surface area (Å²) in [5.41, 5.74) is 1.25. The van der Waals surface area contributed by atoms with Gasteiger partial charge in [0.1, 0.15) is 11.6 Å². The summed E-state index contributed by atoms with van der Waals surface area (Å²) in [6.45, 7) is 2.96. The molecule has 2 N–H and O–H groups in total. The molecule has 32 heavy (non-hydrogen) atoms. The Balaban J connectivity index is 1.81. The molecule has 2 aromatic carbocycles. The number of nitrogens with one attached hydrogen (secondary N) is 2. The monoisotopic (exact) mass is 494 g/mol. The molecule has 0 aromatic heterocycles. The van der Waals surface area contributed by atoms with Crippen LogP contribution in [-0.4, -0.2) is 44.9 Å². The molecule has 0 spiro atoms. The lowest BCUT2D eigenvalue weighted by atomic mass is 10.2. The van der Waals surface area contributed by atoms with Crippen molar-refractivity contribution >= 4 is 50.5 Å². The number of halogens is 2. The van der Waals surface area contributed by atoms with E-state index in [-0.39, 0.29) is 34.3 Å². The highest BCUT2D eigenvalue weighted by molar-refractivity contribution is 7.89. The average molecular weight is 495 g/mol. The fourth-order valence-corrected chi connectivity index (χ4v) is 4.71. The molecule has 168 valence electrons. The van der Waals surface area contributed by atoms with Gasteiger partial charge < -0.3 is 15.4 Å². The molecule has 1 heterocycles. The smallest absolute Gasteiger partial charge is 0.267 e. The van der Waals surface area contributed by atoms with Crippen LogP contribution in [0.5, 0.6) is 0 Å². The van der Waals surface area contributed by atoms with Crippen LogP contribution in [0.1, 0.15) is 5.56 Å². The van der Waals surface area contributed by atoms with Crippen molar-refractivity contribution in [2.24, 2.45) is 0 Å². The van der Waals surface area contributed by atoms with Crippen LogP contribution in [-0.2, 0) is 19.6 Å². The minimum absolute atomic E-state index is 0.0391. The van der Waals surface area contributed by atoms with E-state index in [1.165, 1.54) is 28.7 Å². The van der Waals surface area contributed by atoms with E-state index in [1.54, 1.807) is 25.1 Å². The van der Waals surface area contributed by atoms with Gasteiger partial charge in [-0.3, -0.25) is 4.79 Å². The maximum atomic E-state index is 12.9. The molecule has 8 nitrogen and oxygen atoms in total. The fourth-order valence-electron chi connectivity index (χ4n) is 2.93. The van der Waals surface area contributed by atoms with Crippen LogP contribution in [0.25, 0.3) is 0 Å². The number of carbonyl (C=O) groups excluding carboxylic acids is 1. The van der Waals surface area contributed by atoms with Gasteiger partial charge in [0.15, 0.2) is 0 Å². The van der Waals surface area contributed by atoms with Crippen LogP contribution in [0.15, 0.2) is 53.1 Å². The summed E-state index contributed by atoms with van der Waals surface area (Å²) < 4.78 is 32.3. The first-order valence-electron chi connectivity index (χ1n) is 9.54. The third-order valence-electron chi connectivity index (χ3n) is 4.73. The first kappa shape index (κ1) is 24.0. The van der Waals surface area contributed by atoms with Gasteiger partial charge in [0, 0.05) is 30.0 Å². The summed E-state index contributed by atoms with van der Waals surface area (Å²) in [5.74, 6) is -0.654. The Bertz CT molecular complexity index is 1200. The Morgan fingerprint density at radius 3 is 2.56 bits per heavy atom. The van der Waals surface area contributed by atoms with E-state index >= 15 is 0 Å². The van der Waals surface area contributed by atoms with Crippen molar-refractivity contribution in [3.05, 3.63) is 63.8 Å². The second kappa shape index (κ2) is 10.3. The molecule has 1 aliphatic heterocycles. The molecule has 1 aliphatic rings. The fraction of sp³-hybridized carbons (Fsp3) is 0.238. The molecule has 1 saturated heterocycles. The molecule has 0 unspecified atom stereocenters. The number of rotatable bonds is 6. The van der Waals surface area contributed by atoms with Crippen molar-refractivity contribution < 1.29 is 17.9 Å². The molecular formula is C21H20Cl2N4O4S. The summed E-state index contributed by atoms with van der Waals surface area (Å²) in [6.07, 6.45) is 1.17. The van der Waals surface area contributed by atoms with E-state index in [2.05, 4.69) is 10.6 Å². The Morgan fingerprint density at radius 2 is 1.88 bits per heavy atom. The van der Waals surface area contributed by atoms with Crippen molar-refractivity contribution in [2.45, 2.75) is 11.8 Å². The van der Waals surface area contributed by atoms with E-state index in [0.29, 0.717) is 23.9 Å². The number of ether oxygens (including phenoxy) is 1. The lowest BCUT2D eigenvalue weighted by Gasteiger charge is -2.26. The van der Waals surface area contributed by atoms with Gasteiger partial charge in [-0.05, 0) is 42.8 Å². The molecule has 0 saturated carbocycles. The average Bonchev–Trinajstić information content (AvgIpc) is 2.78. The third-order valence-corrected chi connectivity index (χ3v) is 7.19. The van der Waals surface area contributed by atoms with Gasteiger partial charge in [-0.2, -0.15) is 9.57 Å². The van der Waals surface area contributed by atoms with E-state index in [9.17, 15) is 18.5 Å². The van der Waals surface area contributed by atoms with Gasteiger partial charge in [0.2, 0.25) is 10.0 Å². The van der Waals surface area contributed by atoms with Crippen LogP contribution in [0.4, 0.5) is 11.4 Å². The number of benzene rings is 2. The van der Waals surface area contributed by atoms with Crippen LogP contribution >= 0.6 is 23.2 Å². The van der Waals surface area contributed by atoms with E-state index in [1.807, 2.05) is 6.07 Å². The molecule has 2 aromatic rings. The van der Waals surface area contributed by atoms with Gasteiger partial charge in [-0.1, -0.05) is 29.3 Å². The van der Waals surface area contributed by atoms with Crippen molar-refractivity contribution in [3.8, 4) is 6.07 Å². The minimum atomic E-state index is -3.73. The van der Waals surface area contributed by atoms with E-state index in [4.69, 9.17) is 27.9 Å². The number of nitriles is 1. The number of hydrogen-bond donors (Lipinski definition) is 2. The zero-order valence-corrected chi connectivity index (χ0v) is 19.4. The van der Waals surface area contributed by atoms with Crippen molar-refractivity contribution in [3.63, 3.8) is 0 Å². The summed E-state index contributed by atoms with van der Waals surface area (Å²) >= 11 is 12.2. The highest BCUT2D eigenvalue weighted by Gasteiger charge is 2.26. The maximum absolute atomic E-state index is 12.9. The molecular weight excluding hydrogens is 475 g/mol. The topological polar surface area (TPSA) is 112 Å². The number of sulfonamides is 1. The van der Waals surface area contributed by atoms with E-state index in [0.717, 1.165) is 5.56 Å². The number of anilines is 2. The number of nitrogens with zero attached hydrogens (tertiary/aromatic N) is 2. The molecule has 0 atom stereocenters. The van der Waals surface area contributed by atoms with Crippen LogP contribution < -0.4 is 10.6 Å². The summed E-state index contributed by atoms with van der Waals surface area (Å²) in [4.78, 5) is 12.6. The first-order chi connectivity index (χ1) is 15.2. The molecule has 1 fully saturated rings. The summed E-state index contributed by atoms with van der Waals surface area (Å²) in [5, 5.41) is 15.5. The zero-order chi connectivity index (χ0) is 23.3. The highest BCUT2D eigenvalue weighted by atomic mass is 35.5. The molecule has 11 heteroatoms. The Kier molecular flexibility index (Phi) is 7.77. The van der Waals surface area contributed by atoms with E-state index < -0.39 is 15.9 Å². The summed E-state index contributed by atoms with van der Waals surface area (Å²) in [7, 11) is -3.73. The SMILES string of the molecule is Cc1ccc(Cl)cc1NC(=O)/C(C#N)=C\Nc1cc(S(=O)(=O)N2CCOCC2)ccc1Cl. The van der Waals surface area contributed by atoms with Crippen molar-refractivity contribution in [2.75, 3.05) is 36.9 Å². The third kappa shape index (κ3) is 5.59. The maximum Gasteiger partial charge on any atom is 0.267 e. The number of aryl methyl sites for hydroxylation is 1. The Hall–Kier alpha value is -2.61. The van der Waals surface area contributed by atoms with Gasteiger partial charge in [-0.15, -0.1) is 0 Å². The van der Waals surface area contributed by atoms with Crippen molar-refractivity contribution in [1.82, 2.24) is 4.31 Å². The van der Waals surface area contributed by atoms with Crippen LogP contribution in [0.2, 0.25) is 10.0 Å². The largest absolute Gasteiger partial charge is 0.379 e. The Labute approximate surface area is 196 Å². The number of carbonyl (C=O) groups is 1. The quantitative estimate of drug-likeness (QED) is 0.466. The second-order valence-corrected chi connectivity index (χ2v) is 9.67. The molecule has 0 aliphatic carbocycles. The second-order valence-electron chi connectivity index (χ2n) is 6.89. The van der Waals surface area contributed by atoms with Gasteiger partial charge in [0.25, 0.3) is 5.91 Å². The molecule has 0 bridgehead atoms. The predicted molar refractivity (Wildman–Crippen MR) is 123 cm³/mol. The van der Waals surface area contributed by atoms with Crippen molar-refractivity contribution in [1.29, 1.82) is 5.26 Å². The highest BCUT2D eigenvalue weighted by Crippen LogP contribution is 2.28. The Morgan fingerprint density at radius 1 is 1.16 bits per heavy atom. The van der Waals surface area contributed by atoms with Crippen LogP contribution in [0.3, 0.4) is 0 Å². The lowest BCUT2D eigenvalue weighted by Crippen LogP contribution is -2.40. The first-order valence-corrected chi connectivity index (χ1v) is 11.7.